The second-order valence-corrected chi connectivity index (χ2v) is 12.8. The molecule has 0 atom stereocenters. The van der Waals surface area contributed by atoms with Crippen LogP contribution in [0.2, 0.25) is 0 Å². The minimum atomic E-state index is -4.94. The van der Waals surface area contributed by atoms with Gasteiger partial charge in [0.15, 0.2) is 5.01 Å². The van der Waals surface area contributed by atoms with Gasteiger partial charge in [-0.05, 0) is 53.2 Å². The fourth-order valence-corrected chi connectivity index (χ4v) is 4.98. The highest BCUT2D eigenvalue weighted by Crippen LogP contribution is 2.29. The zero-order valence-electron chi connectivity index (χ0n) is 22.4. The highest BCUT2D eigenvalue weighted by Gasteiger charge is 2.36. The van der Waals surface area contributed by atoms with Crippen molar-refractivity contribution < 1.29 is 43.0 Å². The van der Waals surface area contributed by atoms with Gasteiger partial charge in [0.05, 0.1) is 16.2 Å². The van der Waals surface area contributed by atoms with E-state index in [0.717, 1.165) is 10.1 Å². The third kappa shape index (κ3) is 6.99. The number of amides is 2. The standard InChI is InChI=1S/C26H31N4O2S.ClHO4/c1-16-14-19(25(2,3)4)30(20(15-16)26(5,6)7)24-28-27-21(33-24)12-13-29-22(31)17-10-8-9-11-18(17)23(29)32;2-1(3,4)5/h8-11,14-15H,12-13H2,1-7H3;(H,2,3,4,5)/q+1;/p-1. The van der Waals surface area contributed by atoms with Gasteiger partial charge < -0.3 is 0 Å². The van der Waals surface area contributed by atoms with Crippen LogP contribution in [0.4, 0.5) is 0 Å². The van der Waals surface area contributed by atoms with Gasteiger partial charge in [-0.15, -0.1) is 10.2 Å². The van der Waals surface area contributed by atoms with Crippen molar-refractivity contribution in [1.82, 2.24) is 15.1 Å². The Bertz CT molecular complexity index is 1280. The van der Waals surface area contributed by atoms with Gasteiger partial charge in [0.2, 0.25) is 0 Å². The number of carbonyl (C=O) groups is 2. The molecular weight excluding hydrogens is 532 g/mol. The molecule has 0 fully saturated rings. The van der Waals surface area contributed by atoms with Crippen LogP contribution in [0.3, 0.4) is 0 Å². The van der Waals surface area contributed by atoms with Crippen molar-refractivity contribution >= 4 is 23.2 Å². The predicted molar refractivity (Wildman–Crippen MR) is 129 cm³/mol. The minimum Gasteiger partial charge on any atom is -0.274 e. The van der Waals surface area contributed by atoms with Gasteiger partial charge in [-0.2, -0.15) is 4.57 Å². The maximum absolute atomic E-state index is 12.7. The number of rotatable bonds is 4. The molecule has 2 aromatic heterocycles. The lowest BCUT2D eigenvalue weighted by Crippen LogP contribution is -2.68. The summed E-state index contributed by atoms with van der Waals surface area (Å²) < 4.78 is 36.2. The second-order valence-electron chi connectivity index (χ2n) is 11.1. The zero-order valence-corrected chi connectivity index (χ0v) is 24.0. The van der Waals surface area contributed by atoms with Crippen LogP contribution >= 0.6 is 11.3 Å². The summed E-state index contributed by atoms with van der Waals surface area (Å²) in [5.41, 5.74) is 4.35. The Hall–Kier alpha value is -2.80. The average molecular weight is 563 g/mol. The molecule has 0 aliphatic carbocycles. The first kappa shape index (κ1) is 29.8. The van der Waals surface area contributed by atoms with E-state index in [2.05, 4.69) is 75.4 Å². The molecule has 3 heterocycles. The monoisotopic (exact) mass is 562 g/mol. The molecular formula is C26H31ClN4O6S. The number of carbonyl (C=O) groups excluding carboxylic acids is 2. The fourth-order valence-electron chi connectivity index (χ4n) is 4.13. The van der Waals surface area contributed by atoms with Crippen LogP contribution < -0.4 is 23.2 Å². The zero-order chi connectivity index (χ0) is 28.6. The van der Waals surface area contributed by atoms with Gasteiger partial charge in [-0.3, -0.25) is 14.5 Å². The molecule has 38 heavy (non-hydrogen) atoms. The molecule has 0 saturated heterocycles. The van der Waals surface area contributed by atoms with Crippen molar-refractivity contribution in [2.24, 2.45) is 0 Å². The molecule has 2 amide bonds. The van der Waals surface area contributed by atoms with Gasteiger partial charge >= 0.3 is 5.13 Å². The maximum Gasteiger partial charge on any atom is 0.415 e. The lowest BCUT2D eigenvalue weighted by molar-refractivity contribution is -2.00. The summed E-state index contributed by atoms with van der Waals surface area (Å²) in [6.07, 6.45) is 0.477. The molecule has 0 bridgehead atoms. The number of pyridine rings is 1. The molecule has 4 rings (SSSR count). The summed E-state index contributed by atoms with van der Waals surface area (Å²) in [6, 6.07) is 11.4. The molecule has 0 saturated carbocycles. The lowest BCUT2D eigenvalue weighted by atomic mass is 9.86. The quantitative estimate of drug-likeness (QED) is 0.312. The Morgan fingerprint density at radius 2 is 1.32 bits per heavy atom. The van der Waals surface area contributed by atoms with E-state index in [9.17, 15) is 9.59 Å². The van der Waals surface area contributed by atoms with Gasteiger partial charge in [0.25, 0.3) is 11.8 Å². The molecule has 12 heteroatoms. The van der Waals surface area contributed by atoms with Crippen molar-refractivity contribution in [1.29, 1.82) is 0 Å². The van der Waals surface area contributed by atoms with Crippen LogP contribution in [-0.2, 0) is 17.3 Å². The summed E-state index contributed by atoms with van der Waals surface area (Å²) in [5.74, 6) is -0.475. The second kappa shape index (κ2) is 10.8. The Morgan fingerprint density at radius 3 is 1.74 bits per heavy atom. The van der Waals surface area contributed by atoms with Gasteiger partial charge in [-0.1, -0.05) is 53.7 Å². The molecule has 3 aromatic rings. The van der Waals surface area contributed by atoms with E-state index >= 15 is 0 Å². The molecule has 0 spiro atoms. The van der Waals surface area contributed by atoms with Crippen molar-refractivity contribution in [2.45, 2.75) is 65.7 Å². The Labute approximate surface area is 227 Å². The topological polar surface area (TPSA) is 159 Å². The molecule has 1 aromatic carbocycles. The number of hydrogen-bond acceptors (Lipinski definition) is 9. The Morgan fingerprint density at radius 1 is 0.868 bits per heavy atom. The molecule has 1 aliphatic rings. The Balaban J connectivity index is 0.000000732. The third-order valence-electron chi connectivity index (χ3n) is 5.82. The van der Waals surface area contributed by atoms with E-state index in [1.807, 2.05) is 0 Å². The number of fused-ring (bicyclic) bond motifs is 1. The van der Waals surface area contributed by atoms with Crippen molar-refractivity contribution in [3.05, 3.63) is 69.5 Å². The first-order valence-electron chi connectivity index (χ1n) is 11.9. The van der Waals surface area contributed by atoms with Crippen molar-refractivity contribution in [2.75, 3.05) is 6.54 Å². The number of aromatic nitrogens is 3. The first-order valence-corrected chi connectivity index (χ1v) is 13.9. The number of hydrogen-bond donors (Lipinski definition) is 0. The predicted octanol–water partition coefficient (Wildman–Crippen LogP) is -0.199. The highest BCUT2D eigenvalue weighted by atomic mass is 35.7. The van der Waals surface area contributed by atoms with Gasteiger partial charge in [0.1, 0.15) is 11.4 Å². The molecule has 204 valence electrons. The summed E-state index contributed by atoms with van der Waals surface area (Å²) in [7, 11) is -4.94. The number of halogens is 1. The van der Waals surface area contributed by atoms with Crippen LogP contribution in [0.15, 0.2) is 36.4 Å². The van der Waals surface area contributed by atoms with Crippen molar-refractivity contribution in [3.8, 4) is 5.13 Å². The third-order valence-corrected chi connectivity index (χ3v) is 6.79. The van der Waals surface area contributed by atoms with Gasteiger partial charge in [0, 0.05) is 23.8 Å². The maximum atomic E-state index is 12.7. The highest BCUT2D eigenvalue weighted by molar-refractivity contribution is 7.13. The van der Waals surface area contributed by atoms with E-state index in [4.69, 9.17) is 18.6 Å². The fraction of sp³-hybridized carbons (Fsp3) is 0.423. The molecule has 10 nitrogen and oxygen atoms in total. The SMILES string of the molecule is Cc1cc(C(C)(C)C)[n+](-c2nnc(CCN3C(=O)c4ccccc4C3=O)s2)c(C(C)(C)C)c1.[O-][Cl+3]([O-])([O-])[O-]. The smallest absolute Gasteiger partial charge is 0.274 e. The lowest BCUT2D eigenvalue weighted by Gasteiger charge is -2.26. The van der Waals surface area contributed by atoms with E-state index in [-0.39, 0.29) is 29.2 Å². The number of imide groups is 1. The van der Waals surface area contributed by atoms with Crippen LogP contribution in [0.25, 0.3) is 5.13 Å². The summed E-state index contributed by atoms with van der Waals surface area (Å²) in [5, 5.41) is 10.6. The normalized spacial score (nSPS) is 13.9. The molecule has 0 radical (unpaired) electrons. The number of aryl methyl sites for hydroxylation is 1. The van der Waals surface area contributed by atoms with E-state index < -0.39 is 10.2 Å². The summed E-state index contributed by atoms with van der Waals surface area (Å²) in [6.45, 7) is 15.6. The van der Waals surface area contributed by atoms with Crippen LogP contribution in [-0.4, -0.2) is 33.5 Å². The van der Waals surface area contributed by atoms with E-state index in [1.54, 1.807) is 24.3 Å². The number of nitrogens with zero attached hydrogens (tertiary/aromatic N) is 4. The minimum absolute atomic E-state index is 0.0853. The van der Waals surface area contributed by atoms with E-state index in [1.165, 1.54) is 33.2 Å². The summed E-state index contributed by atoms with van der Waals surface area (Å²) in [4.78, 5) is 26.6. The summed E-state index contributed by atoms with van der Waals surface area (Å²) >= 11 is 1.51. The Kier molecular flexibility index (Phi) is 8.42. The molecule has 0 unspecified atom stereocenters. The van der Waals surface area contributed by atoms with Crippen molar-refractivity contribution in [3.63, 3.8) is 0 Å². The van der Waals surface area contributed by atoms with Crippen LogP contribution in [0, 0.1) is 17.2 Å². The molecule has 1 aliphatic heterocycles. The molecule has 0 N–H and O–H groups in total. The van der Waals surface area contributed by atoms with Gasteiger partial charge in [-0.25, -0.2) is 18.6 Å². The average Bonchev–Trinajstić information content (AvgIpc) is 3.33. The largest absolute Gasteiger partial charge is 0.415 e. The van der Waals surface area contributed by atoms with Crippen LogP contribution in [0.1, 0.15) is 84.2 Å². The van der Waals surface area contributed by atoms with Crippen LogP contribution in [0.5, 0.6) is 0 Å². The number of benzene rings is 1. The first-order chi connectivity index (χ1) is 17.4. The van der Waals surface area contributed by atoms with E-state index in [0.29, 0.717) is 17.5 Å².